The van der Waals surface area contributed by atoms with E-state index in [4.69, 9.17) is 11.6 Å². The van der Waals surface area contributed by atoms with E-state index in [1.165, 1.54) is 30.7 Å². The highest BCUT2D eigenvalue weighted by molar-refractivity contribution is 7.89. The van der Waals surface area contributed by atoms with Gasteiger partial charge in [-0.2, -0.15) is 4.72 Å². The van der Waals surface area contributed by atoms with Crippen molar-refractivity contribution in [3.8, 4) is 0 Å². The van der Waals surface area contributed by atoms with E-state index < -0.39 is 16.1 Å². The summed E-state index contributed by atoms with van der Waals surface area (Å²) in [6.45, 7) is 6.90. The maximum Gasteiger partial charge on any atom is 0.241 e. The third-order valence-corrected chi connectivity index (χ3v) is 8.22. The first kappa shape index (κ1) is 25.0. The molecule has 7 nitrogen and oxygen atoms in total. The summed E-state index contributed by atoms with van der Waals surface area (Å²) in [6.07, 6.45) is 5.31. The van der Waals surface area contributed by atoms with Crippen LogP contribution in [-0.2, 0) is 19.6 Å². The number of sulfonamides is 1. The minimum atomic E-state index is -3.88. The van der Waals surface area contributed by atoms with Gasteiger partial charge in [-0.3, -0.25) is 9.59 Å². The Morgan fingerprint density at radius 3 is 2.25 bits per heavy atom. The average molecular weight is 484 g/mol. The second kappa shape index (κ2) is 10.5. The minimum Gasteiger partial charge on any atom is -0.337 e. The number of carbonyl (C=O) groups excluding carboxylic acids is 2. The molecular weight excluding hydrogens is 450 g/mol. The molecule has 1 aliphatic heterocycles. The molecule has 2 amide bonds. The lowest BCUT2D eigenvalue weighted by atomic mass is 9.87. The van der Waals surface area contributed by atoms with Crippen molar-refractivity contribution in [2.24, 2.45) is 11.8 Å². The number of rotatable bonds is 6. The Morgan fingerprint density at radius 2 is 1.69 bits per heavy atom. The van der Waals surface area contributed by atoms with E-state index in [-0.39, 0.29) is 34.6 Å². The van der Waals surface area contributed by atoms with Crippen LogP contribution < -0.4 is 4.72 Å². The van der Waals surface area contributed by atoms with Gasteiger partial charge in [0.1, 0.15) is 6.04 Å². The third kappa shape index (κ3) is 5.83. The lowest BCUT2D eigenvalue weighted by molar-refractivity contribution is -0.147. The number of amides is 2. The van der Waals surface area contributed by atoms with Gasteiger partial charge in [0.15, 0.2) is 0 Å². The molecule has 1 saturated carbocycles. The van der Waals surface area contributed by atoms with Crippen LogP contribution in [0.2, 0.25) is 5.02 Å². The molecule has 1 heterocycles. The van der Waals surface area contributed by atoms with E-state index in [0.717, 1.165) is 25.7 Å². The smallest absolute Gasteiger partial charge is 0.241 e. The molecular formula is C23H34ClN3O4S. The van der Waals surface area contributed by atoms with Gasteiger partial charge in [0.05, 0.1) is 4.90 Å². The topological polar surface area (TPSA) is 86.8 Å². The molecule has 1 aromatic carbocycles. The Bertz CT molecular complexity index is 914. The van der Waals surface area contributed by atoms with E-state index in [1.807, 2.05) is 25.7 Å². The number of hydrogen-bond donors (Lipinski definition) is 1. The summed E-state index contributed by atoms with van der Waals surface area (Å²) < 4.78 is 28.3. The molecule has 0 aromatic heterocycles. The molecule has 1 saturated heterocycles. The van der Waals surface area contributed by atoms with Crippen molar-refractivity contribution in [3.05, 3.63) is 29.3 Å². The van der Waals surface area contributed by atoms with Gasteiger partial charge >= 0.3 is 0 Å². The summed E-state index contributed by atoms with van der Waals surface area (Å²) in [7, 11) is -3.88. The van der Waals surface area contributed by atoms with Gasteiger partial charge in [-0.25, -0.2) is 8.42 Å². The van der Waals surface area contributed by atoms with E-state index >= 15 is 0 Å². The van der Waals surface area contributed by atoms with Crippen molar-refractivity contribution in [2.75, 3.05) is 19.6 Å². The minimum absolute atomic E-state index is 0.0663. The molecule has 32 heavy (non-hydrogen) atoms. The fourth-order valence-electron chi connectivity index (χ4n) is 4.59. The number of benzene rings is 1. The number of piperazine rings is 1. The van der Waals surface area contributed by atoms with Crippen LogP contribution in [0.5, 0.6) is 0 Å². The first-order valence-electron chi connectivity index (χ1n) is 11.5. The summed E-state index contributed by atoms with van der Waals surface area (Å²) in [4.78, 5) is 29.9. The van der Waals surface area contributed by atoms with Crippen LogP contribution in [0, 0.1) is 11.8 Å². The molecule has 1 aromatic rings. The molecule has 178 valence electrons. The second-order valence-corrected chi connectivity index (χ2v) is 11.4. The monoisotopic (exact) mass is 483 g/mol. The Hall–Kier alpha value is -1.64. The Balaban J connectivity index is 1.66. The molecule has 2 aliphatic rings. The van der Waals surface area contributed by atoms with Crippen LogP contribution in [0.15, 0.2) is 29.2 Å². The molecule has 9 heteroatoms. The fourth-order valence-corrected chi connectivity index (χ4v) is 6.05. The van der Waals surface area contributed by atoms with Crippen molar-refractivity contribution >= 4 is 33.4 Å². The van der Waals surface area contributed by atoms with Crippen molar-refractivity contribution in [3.63, 3.8) is 0 Å². The maximum atomic E-state index is 13.3. The molecule has 2 fully saturated rings. The fraction of sp³-hybridized carbons (Fsp3) is 0.652. The normalized spacial score (nSPS) is 21.6. The molecule has 1 N–H and O–H groups in total. The van der Waals surface area contributed by atoms with Gasteiger partial charge in [0.2, 0.25) is 21.8 Å². The summed E-state index contributed by atoms with van der Waals surface area (Å²) in [5.74, 6) is -0.188. The predicted octanol–water partition coefficient (Wildman–Crippen LogP) is 3.28. The Morgan fingerprint density at radius 1 is 1.06 bits per heavy atom. The van der Waals surface area contributed by atoms with Crippen LogP contribution in [0.3, 0.4) is 0 Å². The van der Waals surface area contributed by atoms with Gasteiger partial charge in [0.25, 0.3) is 0 Å². The Labute approximate surface area is 196 Å². The second-order valence-electron chi connectivity index (χ2n) is 9.30. The molecule has 0 radical (unpaired) electrons. The summed E-state index contributed by atoms with van der Waals surface area (Å²) in [5, 5.41) is 0.440. The highest BCUT2D eigenvalue weighted by Crippen LogP contribution is 2.27. The summed E-state index contributed by atoms with van der Waals surface area (Å²) in [6, 6.07) is 4.87. The van der Waals surface area contributed by atoms with Crippen LogP contribution >= 0.6 is 11.6 Å². The van der Waals surface area contributed by atoms with Gasteiger partial charge < -0.3 is 9.80 Å². The number of nitrogens with one attached hydrogen (secondary N) is 1. The van der Waals surface area contributed by atoms with Gasteiger partial charge in [-0.1, -0.05) is 44.7 Å². The molecule has 1 aliphatic carbocycles. The SMILES string of the molecule is CC(C)C(NS(=O)(=O)c1ccc(Cl)cc1)C(=O)N1CCN(C(=O)C2CCCCC2)C(C)C1. The van der Waals surface area contributed by atoms with Crippen molar-refractivity contribution in [2.45, 2.75) is 69.9 Å². The molecule has 3 rings (SSSR count). The third-order valence-electron chi connectivity index (χ3n) is 6.52. The predicted molar refractivity (Wildman–Crippen MR) is 125 cm³/mol. The van der Waals surface area contributed by atoms with Crippen LogP contribution in [0.1, 0.15) is 52.9 Å². The van der Waals surface area contributed by atoms with Gasteiger partial charge in [0, 0.05) is 36.6 Å². The maximum absolute atomic E-state index is 13.3. The van der Waals surface area contributed by atoms with Crippen LogP contribution in [0.25, 0.3) is 0 Å². The van der Waals surface area contributed by atoms with Gasteiger partial charge in [-0.05, 0) is 49.9 Å². The van der Waals surface area contributed by atoms with E-state index in [0.29, 0.717) is 24.7 Å². The lowest BCUT2D eigenvalue weighted by Gasteiger charge is -2.43. The number of halogens is 1. The van der Waals surface area contributed by atoms with Crippen LogP contribution in [0.4, 0.5) is 0 Å². The number of hydrogen-bond acceptors (Lipinski definition) is 4. The largest absolute Gasteiger partial charge is 0.337 e. The first-order chi connectivity index (χ1) is 15.1. The van der Waals surface area contributed by atoms with Gasteiger partial charge in [-0.15, -0.1) is 0 Å². The summed E-state index contributed by atoms with van der Waals surface area (Å²) >= 11 is 5.86. The zero-order valence-corrected chi connectivity index (χ0v) is 20.7. The van der Waals surface area contributed by atoms with E-state index in [2.05, 4.69) is 4.72 Å². The molecule has 0 bridgehead atoms. The zero-order valence-electron chi connectivity index (χ0n) is 19.1. The highest BCUT2D eigenvalue weighted by Gasteiger charge is 2.37. The average Bonchev–Trinajstić information content (AvgIpc) is 2.77. The van der Waals surface area contributed by atoms with Crippen molar-refractivity contribution in [1.82, 2.24) is 14.5 Å². The van der Waals surface area contributed by atoms with E-state index in [1.54, 1.807) is 4.90 Å². The number of nitrogens with zero attached hydrogens (tertiary/aromatic N) is 2. The number of carbonyl (C=O) groups is 2. The summed E-state index contributed by atoms with van der Waals surface area (Å²) in [5.41, 5.74) is 0. The quantitative estimate of drug-likeness (QED) is 0.672. The molecule has 2 unspecified atom stereocenters. The Kier molecular flexibility index (Phi) is 8.22. The first-order valence-corrected chi connectivity index (χ1v) is 13.3. The molecule has 2 atom stereocenters. The van der Waals surface area contributed by atoms with Crippen LogP contribution in [-0.4, -0.2) is 61.7 Å². The highest BCUT2D eigenvalue weighted by atomic mass is 35.5. The molecule has 0 spiro atoms. The van der Waals surface area contributed by atoms with E-state index in [9.17, 15) is 18.0 Å². The lowest BCUT2D eigenvalue weighted by Crippen LogP contribution is -2.60. The zero-order chi connectivity index (χ0) is 23.5. The van der Waals surface area contributed by atoms with Crippen molar-refractivity contribution < 1.29 is 18.0 Å². The van der Waals surface area contributed by atoms with Crippen molar-refractivity contribution in [1.29, 1.82) is 0 Å². The standard InChI is InChI=1S/C23H34ClN3O4S/c1-16(2)21(25-32(30,31)20-11-9-19(24)10-12-20)23(29)26-13-14-27(17(3)15-26)22(28)18-7-5-4-6-8-18/h9-12,16-18,21,25H,4-8,13-15H2,1-3H3.